The van der Waals surface area contributed by atoms with E-state index in [4.69, 9.17) is 0 Å². The summed E-state index contributed by atoms with van der Waals surface area (Å²) in [5.41, 5.74) is 0.680. The van der Waals surface area contributed by atoms with E-state index in [1.807, 2.05) is 6.26 Å². The first-order valence-corrected chi connectivity index (χ1v) is 4.65. The minimum atomic E-state index is 0.137. The van der Waals surface area contributed by atoms with E-state index in [9.17, 15) is 4.79 Å². The molecule has 0 aliphatic rings. The molecule has 0 aromatic carbocycles. The highest BCUT2D eigenvalue weighted by Crippen LogP contribution is 2.02. The third-order valence-electron chi connectivity index (χ3n) is 1.38. The Balaban J connectivity index is 2.76. The van der Waals surface area contributed by atoms with Crippen molar-refractivity contribution >= 4 is 17.5 Å². The van der Waals surface area contributed by atoms with Gasteiger partial charge in [-0.15, -0.1) is 0 Å². The number of hydrogen-bond acceptors (Lipinski definition) is 3. The lowest BCUT2D eigenvalue weighted by atomic mass is 10.3. The van der Waals surface area contributed by atoms with Crippen LogP contribution in [0.4, 0.5) is 0 Å². The molecule has 0 saturated carbocycles. The van der Waals surface area contributed by atoms with Crippen LogP contribution in [0.1, 0.15) is 10.5 Å². The van der Waals surface area contributed by atoms with Gasteiger partial charge in [0, 0.05) is 13.2 Å². The van der Waals surface area contributed by atoms with E-state index in [1.165, 1.54) is 11.8 Å². The summed E-state index contributed by atoms with van der Waals surface area (Å²) in [6.07, 6.45) is 3.54. The molecule has 0 aliphatic heterocycles. The summed E-state index contributed by atoms with van der Waals surface area (Å²) in [5.74, 6) is 0.664. The summed E-state index contributed by atoms with van der Waals surface area (Å²) in [5, 5.41) is 3.91. The fourth-order valence-corrected chi connectivity index (χ4v) is 1.26. The summed E-state index contributed by atoms with van der Waals surface area (Å²) >= 11 is 1.53. The molecule has 60 valence electrons. The Kier molecular flexibility index (Phi) is 2.70. The zero-order valence-corrected chi connectivity index (χ0v) is 7.39. The Morgan fingerprint density at radius 3 is 3.00 bits per heavy atom. The van der Waals surface area contributed by atoms with Gasteiger partial charge < -0.3 is 0 Å². The first kappa shape index (κ1) is 8.33. The van der Waals surface area contributed by atoms with E-state index < -0.39 is 0 Å². The van der Waals surface area contributed by atoms with Crippen LogP contribution in [0.2, 0.25) is 0 Å². The monoisotopic (exact) mass is 170 g/mol. The maximum absolute atomic E-state index is 11.2. The SMILES string of the molecule is CSCC(=O)c1ccnn1C. The summed E-state index contributed by atoms with van der Waals surface area (Å²) in [6, 6.07) is 1.73. The number of carbonyl (C=O) groups excluding carboxylic acids is 1. The smallest absolute Gasteiger partial charge is 0.190 e. The molecule has 0 fully saturated rings. The third-order valence-corrected chi connectivity index (χ3v) is 1.93. The van der Waals surface area contributed by atoms with Crippen LogP contribution in [0.25, 0.3) is 0 Å². The first-order valence-electron chi connectivity index (χ1n) is 3.26. The molecule has 0 spiro atoms. The van der Waals surface area contributed by atoms with E-state index in [0.717, 1.165) is 0 Å². The molecule has 0 atom stereocenters. The van der Waals surface area contributed by atoms with Crippen molar-refractivity contribution in [1.29, 1.82) is 0 Å². The molecule has 0 unspecified atom stereocenters. The number of hydrogen-bond donors (Lipinski definition) is 0. The van der Waals surface area contributed by atoms with Crippen LogP contribution in [0.5, 0.6) is 0 Å². The quantitative estimate of drug-likeness (QED) is 0.634. The first-order chi connectivity index (χ1) is 5.25. The van der Waals surface area contributed by atoms with Gasteiger partial charge in [-0.1, -0.05) is 0 Å². The van der Waals surface area contributed by atoms with Gasteiger partial charge in [0.05, 0.1) is 5.75 Å². The van der Waals surface area contributed by atoms with Crippen LogP contribution in [0.15, 0.2) is 12.3 Å². The lowest BCUT2D eigenvalue weighted by Gasteiger charge is -1.97. The molecule has 3 nitrogen and oxygen atoms in total. The van der Waals surface area contributed by atoms with Gasteiger partial charge in [-0.05, 0) is 12.3 Å². The molecule has 0 radical (unpaired) electrons. The van der Waals surface area contributed by atoms with E-state index in [0.29, 0.717) is 11.4 Å². The van der Waals surface area contributed by atoms with Gasteiger partial charge in [-0.25, -0.2) is 0 Å². The number of ketones is 1. The summed E-state index contributed by atoms with van der Waals surface area (Å²) in [7, 11) is 1.77. The Morgan fingerprint density at radius 1 is 1.82 bits per heavy atom. The van der Waals surface area contributed by atoms with Crippen molar-refractivity contribution < 1.29 is 4.79 Å². The maximum atomic E-state index is 11.2. The number of thioether (sulfide) groups is 1. The zero-order chi connectivity index (χ0) is 8.27. The van der Waals surface area contributed by atoms with Crippen LogP contribution in [-0.2, 0) is 7.05 Å². The lowest BCUT2D eigenvalue weighted by molar-refractivity contribution is 0.101. The third kappa shape index (κ3) is 1.83. The molecular formula is C7H10N2OS. The number of nitrogens with zero attached hydrogens (tertiary/aromatic N) is 2. The van der Waals surface area contributed by atoms with Gasteiger partial charge in [0.25, 0.3) is 0 Å². The molecule has 0 N–H and O–H groups in total. The van der Waals surface area contributed by atoms with E-state index in [2.05, 4.69) is 5.10 Å². The van der Waals surface area contributed by atoms with Crippen molar-refractivity contribution in [3.8, 4) is 0 Å². The lowest BCUT2D eigenvalue weighted by Crippen LogP contribution is -2.08. The van der Waals surface area contributed by atoms with Gasteiger partial charge >= 0.3 is 0 Å². The summed E-state index contributed by atoms with van der Waals surface area (Å²) in [4.78, 5) is 11.2. The molecule has 0 amide bonds. The molecule has 0 aliphatic carbocycles. The second kappa shape index (κ2) is 3.57. The normalized spacial score (nSPS) is 10.0. The highest BCUT2D eigenvalue weighted by Gasteiger charge is 2.07. The largest absolute Gasteiger partial charge is 0.292 e. The number of carbonyl (C=O) groups is 1. The standard InChI is InChI=1S/C7H10N2OS/c1-9-6(3-4-8-9)7(10)5-11-2/h3-4H,5H2,1-2H3. The average molecular weight is 170 g/mol. The van der Waals surface area contributed by atoms with Crippen LogP contribution >= 0.6 is 11.8 Å². The van der Waals surface area contributed by atoms with Crippen LogP contribution in [0, 0.1) is 0 Å². The molecule has 1 aromatic rings. The molecule has 0 saturated heterocycles. The molecule has 11 heavy (non-hydrogen) atoms. The van der Waals surface area contributed by atoms with Gasteiger partial charge in [-0.2, -0.15) is 16.9 Å². The maximum Gasteiger partial charge on any atom is 0.190 e. The van der Waals surface area contributed by atoms with Crippen molar-refractivity contribution in [2.45, 2.75) is 0 Å². The fraction of sp³-hybridized carbons (Fsp3) is 0.429. The van der Waals surface area contributed by atoms with Gasteiger partial charge in [-0.3, -0.25) is 9.48 Å². The van der Waals surface area contributed by atoms with Gasteiger partial charge in [0.15, 0.2) is 5.78 Å². The second-order valence-electron chi connectivity index (χ2n) is 2.20. The highest BCUT2D eigenvalue weighted by molar-refractivity contribution is 7.99. The van der Waals surface area contributed by atoms with Gasteiger partial charge in [0.2, 0.25) is 0 Å². The van der Waals surface area contributed by atoms with Crippen molar-refractivity contribution in [1.82, 2.24) is 9.78 Å². The predicted molar refractivity (Wildman–Crippen MR) is 45.9 cm³/mol. The molecule has 1 heterocycles. The summed E-state index contributed by atoms with van der Waals surface area (Å²) in [6.45, 7) is 0. The predicted octanol–water partition coefficient (Wildman–Crippen LogP) is 0.966. The van der Waals surface area contributed by atoms with Crippen LogP contribution in [0.3, 0.4) is 0 Å². The average Bonchev–Trinajstić information content (AvgIpc) is 2.36. The van der Waals surface area contributed by atoms with Crippen molar-refractivity contribution in [3.63, 3.8) is 0 Å². The summed E-state index contributed by atoms with van der Waals surface area (Å²) < 4.78 is 1.60. The van der Waals surface area contributed by atoms with Crippen molar-refractivity contribution in [2.24, 2.45) is 7.05 Å². The number of aryl methyl sites for hydroxylation is 1. The minimum absolute atomic E-state index is 0.137. The van der Waals surface area contributed by atoms with E-state index in [1.54, 1.807) is 24.0 Å². The molecule has 1 rings (SSSR count). The number of aromatic nitrogens is 2. The number of Topliss-reactive ketones (excluding diaryl/α,β-unsaturated/α-hetero) is 1. The molecule has 4 heteroatoms. The Labute approximate surface area is 69.8 Å². The van der Waals surface area contributed by atoms with Crippen molar-refractivity contribution in [2.75, 3.05) is 12.0 Å². The second-order valence-corrected chi connectivity index (χ2v) is 3.06. The molecular weight excluding hydrogens is 160 g/mol. The minimum Gasteiger partial charge on any atom is -0.292 e. The van der Waals surface area contributed by atoms with Crippen molar-refractivity contribution in [3.05, 3.63) is 18.0 Å². The highest BCUT2D eigenvalue weighted by atomic mass is 32.2. The molecule has 1 aromatic heterocycles. The Hall–Kier alpha value is -0.770. The van der Waals surface area contributed by atoms with Crippen LogP contribution < -0.4 is 0 Å². The number of rotatable bonds is 3. The fourth-order valence-electron chi connectivity index (χ4n) is 0.852. The Bertz CT molecular complexity index is 257. The van der Waals surface area contributed by atoms with E-state index in [-0.39, 0.29) is 5.78 Å². The van der Waals surface area contributed by atoms with Gasteiger partial charge in [0.1, 0.15) is 5.69 Å². The Morgan fingerprint density at radius 2 is 2.55 bits per heavy atom. The molecule has 0 bridgehead atoms. The topological polar surface area (TPSA) is 34.9 Å². The van der Waals surface area contributed by atoms with E-state index >= 15 is 0 Å². The zero-order valence-electron chi connectivity index (χ0n) is 6.57. The van der Waals surface area contributed by atoms with Crippen LogP contribution in [-0.4, -0.2) is 27.6 Å².